The van der Waals surface area contributed by atoms with Crippen LogP contribution in [0.4, 0.5) is 0 Å². The maximum atomic E-state index is 11.2. The van der Waals surface area contributed by atoms with Gasteiger partial charge in [-0.1, -0.05) is 13.0 Å². The molecule has 2 heterocycles. The third kappa shape index (κ3) is 3.37. The van der Waals surface area contributed by atoms with Crippen LogP contribution in [0.3, 0.4) is 0 Å². The second kappa shape index (κ2) is 6.35. The molecule has 0 radical (unpaired) electrons. The van der Waals surface area contributed by atoms with E-state index in [2.05, 4.69) is 26.3 Å². The van der Waals surface area contributed by atoms with Crippen LogP contribution in [-0.2, 0) is 4.79 Å². The quantitative estimate of drug-likeness (QED) is 0.671. The van der Waals surface area contributed by atoms with E-state index in [-0.39, 0.29) is 5.91 Å². The first-order valence-corrected chi connectivity index (χ1v) is 7.00. The van der Waals surface area contributed by atoms with Crippen molar-refractivity contribution in [1.29, 1.82) is 0 Å². The summed E-state index contributed by atoms with van der Waals surface area (Å²) in [7, 11) is 0. The molecule has 0 fully saturated rings. The van der Waals surface area contributed by atoms with Crippen LogP contribution in [0.15, 0.2) is 29.5 Å². The number of nitrogens with one attached hydrogen (secondary N) is 2. The van der Waals surface area contributed by atoms with Crippen LogP contribution < -0.4 is 5.32 Å². The number of hydrogen-bond donors (Lipinski definition) is 2. The van der Waals surface area contributed by atoms with Crippen LogP contribution in [0, 0.1) is 6.92 Å². The highest BCUT2D eigenvalue weighted by molar-refractivity contribution is 5.99. The van der Waals surface area contributed by atoms with Gasteiger partial charge in [0.2, 0.25) is 5.91 Å². The van der Waals surface area contributed by atoms with Gasteiger partial charge in [-0.2, -0.15) is 0 Å². The molecule has 21 heavy (non-hydrogen) atoms. The first-order chi connectivity index (χ1) is 10.0. The Balaban J connectivity index is 2.41. The monoisotopic (exact) mass is 284 g/mol. The maximum absolute atomic E-state index is 11.2. The van der Waals surface area contributed by atoms with Gasteiger partial charge in [0.1, 0.15) is 11.5 Å². The number of fused-ring (bicyclic) bond motifs is 1. The summed E-state index contributed by atoms with van der Waals surface area (Å²) in [5.41, 5.74) is 3.75. The first kappa shape index (κ1) is 15.0. The molecule has 0 aliphatic carbocycles. The lowest BCUT2D eigenvalue weighted by Gasteiger charge is -2.07. The summed E-state index contributed by atoms with van der Waals surface area (Å²) in [5.74, 6) is 0.544. The number of pyridine rings is 1. The van der Waals surface area contributed by atoms with Crippen LogP contribution >= 0.6 is 0 Å². The van der Waals surface area contributed by atoms with E-state index < -0.39 is 0 Å². The number of hydrogen-bond acceptors (Lipinski definition) is 3. The van der Waals surface area contributed by atoms with E-state index in [4.69, 9.17) is 0 Å². The van der Waals surface area contributed by atoms with Crippen LogP contribution in [0.5, 0.6) is 0 Å². The summed E-state index contributed by atoms with van der Waals surface area (Å²) in [6.45, 7) is 7.41. The molecule has 0 aromatic carbocycles. The molecule has 5 heteroatoms. The summed E-state index contributed by atoms with van der Waals surface area (Å²) in [6, 6.07) is 2.06. The van der Waals surface area contributed by atoms with Gasteiger partial charge in [0.15, 0.2) is 0 Å². The molecule has 0 bridgehead atoms. The van der Waals surface area contributed by atoms with Gasteiger partial charge in [0, 0.05) is 36.7 Å². The Morgan fingerprint density at radius 2 is 2.29 bits per heavy atom. The van der Waals surface area contributed by atoms with E-state index in [0.29, 0.717) is 12.3 Å². The summed E-state index contributed by atoms with van der Waals surface area (Å²) < 4.78 is 0. The Morgan fingerprint density at radius 3 is 2.90 bits per heavy atom. The van der Waals surface area contributed by atoms with Crippen molar-refractivity contribution in [3.63, 3.8) is 0 Å². The molecule has 110 valence electrons. The minimum atomic E-state index is -0.110. The number of amidine groups is 1. The number of aliphatic imine (C=N–C) groups is 1. The Bertz CT molecular complexity index is 725. The first-order valence-electron chi connectivity index (χ1n) is 7.00. The molecule has 1 amide bonds. The van der Waals surface area contributed by atoms with E-state index >= 15 is 0 Å². The molecule has 2 aromatic rings. The van der Waals surface area contributed by atoms with Crippen LogP contribution in [-0.4, -0.2) is 21.7 Å². The molecule has 2 aromatic heterocycles. The van der Waals surface area contributed by atoms with Gasteiger partial charge < -0.3 is 10.3 Å². The third-order valence-corrected chi connectivity index (χ3v) is 3.22. The lowest BCUT2D eigenvalue weighted by atomic mass is 10.1. The summed E-state index contributed by atoms with van der Waals surface area (Å²) in [5, 5.41) is 3.83. The summed E-state index contributed by atoms with van der Waals surface area (Å²) >= 11 is 0. The Morgan fingerprint density at radius 1 is 1.52 bits per heavy atom. The van der Waals surface area contributed by atoms with Gasteiger partial charge in [-0.25, -0.2) is 9.98 Å². The van der Waals surface area contributed by atoms with Crippen LogP contribution in [0.2, 0.25) is 0 Å². The van der Waals surface area contributed by atoms with Crippen molar-refractivity contribution in [2.75, 3.05) is 0 Å². The molecule has 0 aliphatic rings. The fourth-order valence-corrected chi connectivity index (χ4v) is 2.11. The highest BCUT2D eigenvalue weighted by Crippen LogP contribution is 2.22. The van der Waals surface area contributed by atoms with Crippen LogP contribution in [0.1, 0.15) is 38.3 Å². The fraction of sp³-hybridized carbons (Fsp3) is 0.312. The van der Waals surface area contributed by atoms with Gasteiger partial charge in [0.05, 0.1) is 5.70 Å². The van der Waals surface area contributed by atoms with Crippen molar-refractivity contribution >= 4 is 28.5 Å². The molecule has 5 nitrogen and oxygen atoms in total. The molecule has 2 N–H and O–H groups in total. The average Bonchev–Trinajstić information content (AvgIpc) is 2.84. The number of amides is 1. The number of H-pyrrole nitrogens is 1. The summed E-state index contributed by atoms with van der Waals surface area (Å²) in [4.78, 5) is 23.3. The minimum Gasteiger partial charge on any atom is -0.346 e. The highest BCUT2D eigenvalue weighted by Gasteiger charge is 2.07. The number of nitrogens with zero attached hydrogens (tertiary/aromatic N) is 2. The normalized spacial score (nSPS) is 12.8. The minimum absolute atomic E-state index is 0.110. The zero-order valence-corrected chi connectivity index (χ0v) is 12.8. The Labute approximate surface area is 124 Å². The van der Waals surface area contributed by atoms with Crippen molar-refractivity contribution in [1.82, 2.24) is 15.3 Å². The number of aryl methyl sites for hydroxylation is 1. The highest BCUT2D eigenvalue weighted by atomic mass is 16.1. The molecule has 0 spiro atoms. The Kier molecular flexibility index (Phi) is 4.52. The van der Waals surface area contributed by atoms with Gasteiger partial charge in [-0.3, -0.25) is 4.79 Å². The van der Waals surface area contributed by atoms with Gasteiger partial charge in [-0.05, 0) is 25.5 Å². The zero-order chi connectivity index (χ0) is 15.4. The van der Waals surface area contributed by atoms with Crippen molar-refractivity contribution in [3.8, 4) is 0 Å². The van der Waals surface area contributed by atoms with Crippen LogP contribution in [0.25, 0.3) is 16.7 Å². The predicted octanol–water partition coefficient (Wildman–Crippen LogP) is 3.18. The van der Waals surface area contributed by atoms with E-state index in [0.717, 1.165) is 27.9 Å². The van der Waals surface area contributed by atoms with Gasteiger partial charge in [0.25, 0.3) is 0 Å². The number of aromatic nitrogens is 2. The average molecular weight is 284 g/mol. The number of carbonyl (C=O) groups excluding carboxylic acids is 1. The fourth-order valence-electron chi connectivity index (χ4n) is 2.11. The van der Waals surface area contributed by atoms with Crippen molar-refractivity contribution in [2.45, 2.75) is 34.1 Å². The molecule has 0 unspecified atom stereocenters. The second-order valence-corrected chi connectivity index (χ2v) is 4.86. The zero-order valence-electron chi connectivity index (χ0n) is 12.8. The number of allylic oxidation sites excluding steroid dienone is 1. The topological polar surface area (TPSA) is 70.1 Å². The SMILES string of the molecule is C/C=C(\N=C(CC)NC(C)=O)c1cnc2[nH]cc(C)c2c1. The number of carbonyl (C=O) groups is 1. The standard InChI is InChI=1S/C16H20N4O/c1-5-14(20-15(6-2)19-11(4)21)12-7-13-10(3)8-17-16(13)18-9-12/h5,7-9H,6H2,1-4H3,(H,17,18)(H,19,20,21)/b14-5-. The second-order valence-electron chi connectivity index (χ2n) is 4.86. The molecule has 2 rings (SSSR count). The predicted molar refractivity (Wildman–Crippen MR) is 86.0 cm³/mol. The Hall–Kier alpha value is -2.43. The molecule has 0 atom stereocenters. The van der Waals surface area contributed by atoms with Gasteiger partial charge >= 0.3 is 0 Å². The van der Waals surface area contributed by atoms with E-state index in [1.807, 2.05) is 33.0 Å². The van der Waals surface area contributed by atoms with Crippen molar-refractivity contribution in [3.05, 3.63) is 35.7 Å². The molecule has 0 saturated heterocycles. The van der Waals surface area contributed by atoms with Crippen molar-refractivity contribution < 1.29 is 4.79 Å². The number of aromatic amines is 1. The molecule has 0 saturated carbocycles. The molecule has 0 aliphatic heterocycles. The lowest BCUT2D eigenvalue weighted by molar-refractivity contribution is -0.117. The van der Waals surface area contributed by atoms with Crippen molar-refractivity contribution in [2.24, 2.45) is 4.99 Å². The molecular weight excluding hydrogens is 264 g/mol. The summed E-state index contributed by atoms with van der Waals surface area (Å²) in [6.07, 6.45) is 6.31. The van der Waals surface area contributed by atoms with E-state index in [9.17, 15) is 4.79 Å². The molecular formula is C16H20N4O. The lowest BCUT2D eigenvalue weighted by Crippen LogP contribution is -2.27. The maximum Gasteiger partial charge on any atom is 0.222 e. The van der Waals surface area contributed by atoms with E-state index in [1.54, 1.807) is 6.20 Å². The van der Waals surface area contributed by atoms with Gasteiger partial charge in [-0.15, -0.1) is 0 Å². The smallest absolute Gasteiger partial charge is 0.222 e. The number of rotatable bonds is 3. The van der Waals surface area contributed by atoms with E-state index in [1.165, 1.54) is 6.92 Å². The third-order valence-electron chi connectivity index (χ3n) is 3.22. The largest absolute Gasteiger partial charge is 0.346 e.